The maximum absolute atomic E-state index is 13.0. The molecule has 0 radical (unpaired) electrons. The van der Waals surface area contributed by atoms with E-state index in [-0.39, 0.29) is 11.8 Å². The molecule has 1 aromatic heterocycles. The number of benzene rings is 1. The highest BCUT2D eigenvalue weighted by molar-refractivity contribution is 5.98. The third kappa shape index (κ3) is 3.75. The molecule has 0 atom stereocenters. The van der Waals surface area contributed by atoms with Crippen molar-refractivity contribution in [2.45, 2.75) is 39.3 Å². The van der Waals surface area contributed by atoms with Crippen LogP contribution in [0.25, 0.3) is 0 Å². The predicted octanol–water partition coefficient (Wildman–Crippen LogP) is 2.80. The van der Waals surface area contributed by atoms with Gasteiger partial charge in [0.25, 0.3) is 11.8 Å². The van der Waals surface area contributed by atoms with Crippen LogP contribution in [0.3, 0.4) is 0 Å². The Morgan fingerprint density at radius 3 is 2.59 bits per heavy atom. The fourth-order valence-electron chi connectivity index (χ4n) is 3.87. The van der Waals surface area contributed by atoms with E-state index < -0.39 is 0 Å². The van der Waals surface area contributed by atoms with E-state index in [2.05, 4.69) is 12.0 Å². The average Bonchev–Trinajstić information content (AvgIpc) is 3.06. The van der Waals surface area contributed by atoms with Gasteiger partial charge in [-0.3, -0.25) is 14.3 Å². The summed E-state index contributed by atoms with van der Waals surface area (Å²) in [6, 6.07) is 11.7. The van der Waals surface area contributed by atoms with Crippen molar-refractivity contribution in [3.8, 4) is 0 Å². The number of carbonyl (C=O) groups excluding carboxylic acids is 2. The van der Waals surface area contributed by atoms with Gasteiger partial charge in [0.05, 0.1) is 0 Å². The molecule has 0 saturated carbocycles. The lowest BCUT2D eigenvalue weighted by Crippen LogP contribution is -2.38. The van der Waals surface area contributed by atoms with Crippen LogP contribution in [0.5, 0.6) is 0 Å². The number of aromatic nitrogens is 2. The van der Waals surface area contributed by atoms with Crippen molar-refractivity contribution in [3.63, 3.8) is 0 Å². The molecular weight excluding hydrogens is 340 g/mol. The molecule has 2 aliphatic rings. The first-order valence-corrected chi connectivity index (χ1v) is 9.82. The highest BCUT2D eigenvalue weighted by atomic mass is 16.2. The lowest BCUT2D eigenvalue weighted by molar-refractivity contribution is 0.0690. The van der Waals surface area contributed by atoms with E-state index in [4.69, 9.17) is 0 Å². The summed E-state index contributed by atoms with van der Waals surface area (Å²) in [4.78, 5) is 29.6. The maximum atomic E-state index is 13.0. The van der Waals surface area contributed by atoms with Gasteiger partial charge < -0.3 is 9.80 Å². The van der Waals surface area contributed by atoms with E-state index in [9.17, 15) is 9.59 Å². The Kier molecular flexibility index (Phi) is 4.97. The van der Waals surface area contributed by atoms with E-state index in [0.29, 0.717) is 36.9 Å². The van der Waals surface area contributed by atoms with Crippen LogP contribution in [0.15, 0.2) is 36.4 Å². The molecule has 2 aliphatic heterocycles. The normalized spacial score (nSPS) is 18.3. The molecule has 1 saturated heterocycles. The van der Waals surface area contributed by atoms with Crippen molar-refractivity contribution < 1.29 is 9.59 Å². The third-order valence-corrected chi connectivity index (χ3v) is 5.59. The zero-order chi connectivity index (χ0) is 18.8. The number of nitrogens with zero attached hydrogens (tertiary/aromatic N) is 4. The Labute approximate surface area is 159 Å². The minimum absolute atomic E-state index is 0.0461. The van der Waals surface area contributed by atoms with Gasteiger partial charge in [-0.25, -0.2) is 0 Å². The largest absolute Gasteiger partial charge is 0.337 e. The fraction of sp³-hybridized carbons (Fsp3) is 0.476. The van der Waals surface area contributed by atoms with Crippen molar-refractivity contribution in [1.82, 2.24) is 19.6 Å². The number of fused-ring (bicyclic) bond motifs is 1. The Morgan fingerprint density at radius 1 is 1.11 bits per heavy atom. The van der Waals surface area contributed by atoms with Crippen molar-refractivity contribution in [1.29, 1.82) is 0 Å². The smallest absolute Gasteiger partial charge is 0.274 e. The van der Waals surface area contributed by atoms with E-state index in [0.717, 1.165) is 37.9 Å². The van der Waals surface area contributed by atoms with Gasteiger partial charge in [0.2, 0.25) is 0 Å². The zero-order valence-corrected chi connectivity index (χ0v) is 15.8. The van der Waals surface area contributed by atoms with E-state index >= 15 is 0 Å². The van der Waals surface area contributed by atoms with Gasteiger partial charge in [-0.1, -0.05) is 37.3 Å². The number of hydrogen-bond acceptors (Lipinski definition) is 3. The first kappa shape index (κ1) is 17.8. The summed E-state index contributed by atoms with van der Waals surface area (Å²) in [6.07, 6.45) is 2.90. The first-order valence-electron chi connectivity index (χ1n) is 9.82. The molecule has 2 aromatic rings. The van der Waals surface area contributed by atoms with Gasteiger partial charge in [0.1, 0.15) is 5.69 Å². The van der Waals surface area contributed by atoms with E-state index in [1.807, 2.05) is 40.1 Å². The Balaban J connectivity index is 1.52. The maximum Gasteiger partial charge on any atom is 0.274 e. The zero-order valence-electron chi connectivity index (χ0n) is 15.8. The van der Waals surface area contributed by atoms with Gasteiger partial charge in [-0.15, -0.1) is 0 Å². The molecule has 1 aromatic carbocycles. The summed E-state index contributed by atoms with van der Waals surface area (Å²) < 4.78 is 1.72. The molecule has 6 nitrogen and oxygen atoms in total. The number of likely N-dealkylation sites (tertiary alicyclic amines) is 1. The van der Waals surface area contributed by atoms with Crippen molar-refractivity contribution >= 4 is 11.8 Å². The van der Waals surface area contributed by atoms with Crippen molar-refractivity contribution in [2.24, 2.45) is 5.92 Å². The number of piperidine rings is 1. The quantitative estimate of drug-likeness (QED) is 0.839. The van der Waals surface area contributed by atoms with Crippen LogP contribution in [-0.2, 0) is 13.1 Å². The van der Waals surface area contributed by atoms with Crippen LogP contribution in [0.2, 0.25) is 0 Å². The fourth-order valence-corrected chi connectivity index (χ4v) is 3.87. The Bertz CT molecular complexity index is 822. The molecule has 142 valence electrons. The molecule has 0 bridgehead atoms. The monoisotopic (exact) mass is 366 g/mol. The molecule has 6 heteroatoms. The summed E-state index contributed by atoms with van der Waals surface area (Å²) >= 11 is 0. The highest BCUT2D eigenvalue weighted by Gasteiger charge is 2.29. The standard InChI is InChI=1S/C21H26N4O2/c1-16-8-12-23(13-9-16)20(26)18-14-19-21(27)24(10-5-11-25(19)22-18)15-17-6-3-2-4-7-17/h2-4,6-7,14,16H,5,8-13,15H2,1H3. The molecule has 1 fully saturated rings. The van der Waals surface area contributed by atoms with E-state index in [1.54, 1.807) is 10.7 Å². The molecule has 0 N–H and O–H groups in total. The van der Waals surface area contributed by atoms with Crippen LogP contribution in [-0.4, -0.2) is 51.0 Å². The molecule has 0 unspecified atom stereocenters. The second-order valence-electron chi connectivity index (χ2n) is 7.68. The minimum atomic E-state index is -0.0510. The van der Waals surface area contributed by atoms with Crippen LogP contribution in [0.1, 0.15) is 52.7 Å². The topological polar surface area (TPSA) is 58.4 Å². The third-order valence-electron chi connectivity index (χ3n) is 5.59. The predicted molar refractivity (Wildman–Crippen MR) is 102 cm³/mol. The summed E-state index contributed by atoms with van der Waals surface area (Å²) in [5, 5.41) is 4.47. The molecule has 3 heterocycles. The molecule has 0 spiro atoms. The van der Waals surface area contributed by atoms with E-state index in [1.165, 1.54) is 0 Å². The second-order valence-corrected chi connectivity index (χ2v) is 7.68. The number of aryl methyl sites for hydroxylation is 1. The van der Waals surface area contributed by atoms with Crippen LogP contribution < -0.4 is 0 Å². The van der Waals surface area contributed by atoms with Gasteiger partial charge >= 0.3 is 0 Å². The van der Waals surface area contributed by atoms with Crippen LogP contribution in [0, 0.1) is 5.92 Å². The number of carbonyl (C=O) groups is 2. The number of rotatable bonds is 3. The van der Waals surface area contributed by atoms with Crippen LogP contribution in [0.4, 0.5) is 0 Å². The van der Waals surface area contributed by atoms with Crippen molar-refractivity contribution in [3.05, 3.63) is 53.3 Å². The van der Waals surface area contributed by atoms with Gasteiger partial charge in [-0.2, -0.15) is 5.10 Å². The first-order chi connectivity index (χ1) is 13.1. The summed E-state index contributed by atoms with van der Waals surface area (Å²) in [5.74, 6) is 0.570. The number of amides is 2. The SMILES string of the molecule is CC1CCN(C(=O)c2cc3n(n2)CCCN(Cc2ccccc2)C3=O)CC1. The highest BCUT2D eigenvalue weighted by Crippen LogP contribution is 2.20. The lowest BCUT2D eigenvalue weighted by Gasteiger charge is -2.29. The lowest BCUT2D eigenvalue weighted by atomic mass is 9.99. The molecule has 0 aliphatic carbocycles. The minimum Gasteiger partial charge on any atom is -0.337 e. The van der Waals surface area contributed by atoms with Gasteiger partial charge in [0.15, 0.2) is 5.69 Å². The average molecular weight is 366 g/mol. The van der Waals surface area contributed by atoms with Crippen LogP contribution >= 0.6 is 0 Å². The Morgan fingerprint density at radius 2 is 1.85 bits per heavy atom. The molecular formula is C21H26N4O2. The van der Waals surface area contributed by atoms with Gasteiger partial charge in [0, 0.05) is 38.8 Å². The summed E-state index contributed by atoms with van der Waals surface area (Å²) in [6.45, 7) is 5.71. The molecule has 2 amide bonds. The van der Waals surface area contributed by atoms with Crippen molar-refractivity contribution in [2.75, 3.05) is 19.6 Å². The summed E-state index contributed by atoms with van der Waals surface area (Å²) in [5.41, 5.74) is 2.03. The summed E-state index contributed by atoms with van der Waals surface area (Å²) in [7, 11) is 0. The molecule has 4 rings (SSSR count). The Hall–Kier alpha value is -2.63. The second kappa shape index (κ2) is 7.55. The number of hydrogen-bond donors (Lipinski definition) is 0. The molecule has 27 heavy (non-hydrogen) atoms. The van der Waals surface area contributed by atoms with Gasteiger partial charge in [-0.05, 0) is 30.7 Å².